The number of hydrogen-bond donors (Lipinski definition) is 2. The van der Waals surface area contributed by atoms with Crippen LogP contribution in [-0.4, -0.2) is 10.2 Å². The Hall–Kier alpha value is -1.25. The zero-order valence-corrected chi connectivity index (χ0v) is 7.43. The lowest BCUT2D eigenvalue weighted by molar-refractivity contribution is 0.413. The van der Waals surface area contributed by atoms with Crippen molar-refractivity contribution in [1.82, 2.24) is 0 Å². The minimum atomic E-state index is -0.713. The Labute approximate surface area is 71.3 Å². The molecule has 0 saturated carbocycles. The highest BCUT2D eigenvalue weighted by Gasteiger charge is 2.05. The molecule has 0 aromatic heterocycles. The third kappa shape index (κ3) is 2.12. The number of halogens is 1. The third-order valence-electron chi connectivity index (χ3n) is 1.35. The SMILES string of the molecule is CC.Cc1c(O)ccc(F)c1O. The van der Waals surface area contributed by atoms with Crippen molar-refractivity contribution >= 4 is 0 Å². The molecule has 0 spiro atoms. The summed E-state index contributed by atoms with van der Waals surface area (Å²) < 4.78 is 12.4. The first kappa shape index (κ1) is 10.8. The summed E-state index contributed by atoms with van der Waals surface area (Å²) >= 11 is 0. The maximum absolute atomic E-state index is 12.4. The molecule has 1 aromatic carbocycles. The van der Waals surface area contributed by atoms with Crippen molar-refractivity contribution in [3.8, 4) is 11.5 Å². The maximum atomic E-state index is 12.4. The number of phenolic OH excluding ortho intramolecular Hbond substituents is 2. The van der Waals surface area contributed by atoms with E-state index in [2.05, 4.69) is 0 Å². The van der Waals surface area contributed by atoms with Crippen LogP contribution in [0.3, 0.4) is 0 Å². The van der Waals surface area contributed by atoms with Gasteiger partial charge in [0.1, 0.15) is 5.75 Å². The van der Waals surface area contributed by atoms with E-state index in [0.29, 0.717) is 0 Å². The van der Waals surface area contributed by atoms with Crippen LogP contribution in [0.4, 0.5) is 4.39 Å². The molecule has 0 atom stereocenters. The van der Waals surface area contributed by atoms with E-state index in [1.165, 1.54) is 13.0 Å². The van der Waals surface area contributed by atoms with E-state index in [1.807, 2.05) is 13.8 Å². The predicted octanol–water partition coefficient (Wildman–Crippen LogP) is 2.57. The van der Waals surface area contributed by atoms with Crippen LogP contribution < -0.4 is 0 Å². The summed E-state index contributed by atoms with van der Waals surface area (Å²) in [5, 5.41) is 17.8. The normalized spacial score (nSPS) is 8.67. The van der Waals surface area contributed by atoms with Crippen LogP contribution >= 0.6 is 0 Å². The van der Waals surface area contributed by atoms with E-state index in [-0.39, 0.29) is 11.3 Å². The van der Waals surface area contributed by atoms with Crippen molar-refractivity contribution in [2.45, 2.75) is 20.8 Å². The van der Waals surface area contributed by atoms with Crippen molar-refractivity contribution in [2.24, 2.45) is 0 Å². The fraction of sp³-hybridized carbons (Fsp3) is 0.333. The average Bonchev–Trinajstić information content (AvgIpc) is 2.12. The molecule has 2 nitrogen and oxygen atoms in total. The van der Waals surface area contributed by atoms with Crippen molar-refractivity contribution in [1.29, 1.82) is 0 Å². The van der Waals surface area contributed by atoms with Gasteiger partial charge in [0.25, 0.3) is 0 Å². The first-order valence-corrected chi connectivity index (χ1v) is 3.80. The molecule has 0 aliphatic carbocycles. The molecule has 0 saturated heterocycles. The van der Waals surface area contributed by atoms with Gasteiger partial charge in [-0.2, -0.15) is 0 Å². The molecule has 0 amide bonds. The number of hydrogen-bond acceptors (Lipinski definition) is 2. The van der Waals surface area contributed by atoms with Crippen LogP contribution in [0.1, 0.15) is 19.4 Å². The average molecular weight is 172 g/mol. The molecule has 0 aliphatic heterocycles. The molecule has 1 aromatic rings. The first-order chi connectivity index (χ1) is 5.63. The zero-order chi connectivity index (χ0) is 9.72. The molecular formula is C9H13FO2. The Balaban J connectivity index is 0.000000561. The van der Waals surface area contributed by atoms with Crippen LogP contribution in [0.5, 0.6) is 11.5 Å². The molecule has 0 heterocycles. The Morgan fingerprint density at radius 3 is 2.08 bits per heavy atom. The van der Waals surface area contributed by atoms with Crippen LogP contribution in [0.2, 0.25) is 0 Å². The van der Waals surface area contributed by atoms with Crippen molar-refractivity contribution < 1.29 is 14.6 Å². The number of benzene rings is 1. The number of aromatic hydroxyl groups is 2. The minimum absolute atomic E-state index is 0.0982. The van der Waals surface area contributed by atoms with Gasteiger partial charge < -0.3 is 10.2 Å². The second kappa shape index (κ2) is 4.59. The highest BCUT2D eigenvalue weighted by molar-refractivity contribution is 5.42. The monoisotopic (exact) mass is 172 g/mol. The fourth-order valence-electron chi connectivity index (χ4n) is 0.656. The highest BCUT2D eigenvalue weighted by Crippen LogP contribution is 2.27. The summed E-state index contributed by atoms with van der Waals surface area (Å²) in [7, 11) is 0. The van der Waals surface area contributed by atoms with E-state index >= 15 is 0 Å². The first-order valence-electron chi connectivity index (χ1n) is 3.80. The van der Waals surface area contributed by atoms with Crippen molar-refractivity contribution in [3.63, 3.8) is 0 Å². The second-order valence-corrected chi connectivity index (χ2v) is 2.04. The van der Waals surface area contributed by atoms with Crippen molar-refractivity contribution in [2.75, 3.05) is 0 Å². The molecule has 3 heteroatoms. The standard InChI is InChI=1S/C7H7FO2.C2H6/c1-4-6(9)3-2-5(8)7(4)10;1-2/h2-3,9-10H,1H3;1-2H3. The third-order valence-corrected chi connectivity index (χ3v) is 1.35. The summed E-state index contributed by atoms with van der Waals surface area (Å²) in [5.74, 6) is -1.30. The topological polar surface area (TPSA) is 40.5 Å². The number of rotatable bonds is 0. The van der Waals surface area contributed by atoms with Gasteiger partial charge in [-0.3, -0.25) is 0 Å². The lowest BCUT2D eigenvalue weighted by atomic mass is 10.2. The summed E-state index contributed by atoms with van der Waals surface area (Å²) in [4.78, 5) is 0. The Morgan fingerprint density at radius 1 is 1.17 bits per heavy atom. The van der Waals surface area contributed by atoms with Gasteiger partial charge in [0, 0.05) is 5.56 Å². The lowest BCUT2D eigenvalue weighted by Crippen LogP contribution is -1.80. The lowest BCUT2D eigenvalue weighted by Gasteiger charge is -2.00. The van der Waals surface area contributed by atoms with Gasteiger partial charge in [-0.25, -0.2) is 4.39 Å². The van der Waals surface area contributed by atoms with Gasteiger partial charge in [-0.15, -0.1) is 0 Å². The van der Waals surface area contributed by atoms with E-state index in [0.717, 1.165) is 6.07 Å². The molecule has 68 valence electrons. The van der Waals surface area contributed by atoms with Gasteiger partial charge in [-0.05, 0) is 19.1 Å². The highest BCUT2D eigenvalue weighted by atomic mass is 19.1. The smallest absolute Gasteiger partial charge is 0.165 e. The summed E-state index contributed by atoms with van der Waals surface area (Å²) in [6, 6.07) is 2.21. The quantitative estimate of drug-likeness (QED) is 0.631. The molecule has 0 unspecified atom stereocenters. The fourth-order valence-corrected chi connectivity index (χ4v) is 0.656. The van der Waals surface area contributed by atoms with Gasteiger partial charge in [0.2, 0.25) is 0 Å². The minimum Gasteiger partial charge on any atom is -0.508 e. The largest absolute Gasteiger partial charge is 0.508 e. The Morgan fingerprint density at radius 2 is 1.67 bits per heavy atom. The molecule has 1 rings (SSSR count). The van der Waals surface area contributed by atoms with Crippen LogP contribution in [-0.2, 0) is 0 Å². The van der Waals surface area contributed by atoms with Gasteiger partial charge >= 0.3 is 0 Å². The van der Waals surface area contributed by atoms with Crippen molar-refractivity contribution in [3.05, 3.63) is 23.5 Å². The Bertz CT molecular complexity index is 232. The van der Waals surface area contributed by atoms with Crippen LogP contribution in [0, 0.1) is 12.7 Å². The van der Waals surface area contributed by atoms with E-state index in [4.69, 9.17) is 10.2 Å². The van der Waals surface area contributed by atoms with E-state index < -0.39 is 11.6 Å². The second-order valence-electron chi connectivity index (χ2n) is 2.04. The summed E-state index contributed by atoms with van der Waals surface area (Å²) in [6.45, 7) is 5.44. The van der Waals surface area contributed by atoms with Gasteiger partial charge in [-0.1, -0.05) is 13.8 Å². The van der Waals surface area contributed by atoms with Gasteiger partial charge in [0.05, 0.1) is 0 Å². The van der Waals surface area contributed by atoms with Gasteiger partial charge in [0.15, 0.2) is 11.6 Å². The number of phenols is 2. The molecule has 0 radical (unpaired) electrons. The molecule has 0 aliphatic rings. The molecule has 0 bridgehead atoms. The van der Waals surface area contributed by atoms with Crippen LogP contribution in [0.25, 0.3) is 0 Å². The summed E-state index contributed by atoms with van der Waals surface area (Å²) in [5.41, 5.74) is 0.167. The molecule has 2 N–H and O–H groups in total. The molecular weight excluding hydrogens is 159 g/mol. The molecule has 0 fully saturated rings. The molecule has 12 heavy (non-hydrogen) atoms. The summed E-state index contributed by atoms with van der Waals surface area (Å²) in [6.07, 6.45) is 0. The van der Waals surface area contributed by atoms with E-state index in [1.54, 1.807) is 0 Å². The predicted molar refractivity (Wildman–Crippen MR) is 45.8 cm³/mol. The van der Waals surface area contributed by atoms with Crippen LogP contribution in [0.15, 0.2) is 12.1 Å². The zero-order valence-electron chi connectivity index (χ0n) is 7.43. The Kier molecular flexibility index (Phi) is 4.11. The maximum Gasteiger partial charge on any atom is 0.165 e. The van der Waals surface area contributed by atoms with E-state index in [9.17, 15) is 4.39 Å².